The first-order chi connectivity index (χ1) is 12.9. The highest BCUT2D eigenvalue weighted by Gasteiger charge is 2.26. The van der Waals surface area contributed by atoms with Crippen molar-refractivity contribution in [3.8, 4) is 0 Å². The van der Waals surface area contributed by atoms with Gasteiger partial charge in [-0.3, -0.25) is 4.79 Å². The summed E-state index contributed by atoms with van der Waals surface area (Å²) in [5, 5.41) is -0.517. The number of rotatable bonds is 4. The third kappa shape index (κ3) is 4.38. The average molecular weight is 391 g/mol. The summed E-state index contributed by atoms with van der Waals surface area (Å²) < 4.78 is 14.2. The number of carbonyl (C=O) groups is 1. The van der Waals surface area contributed by atoms with E-state index in [1.54, 1.807) is 24.0 Å². The van der Waals surface area contributed by atoms with Crippen LogP contribution in [0.25, 0.3) is 0 Å². The Hall–Kier alpha value is -2.21. The minimum absolute atomic E-state index is 0.0436. The second kappa shape index (κ2) is 8.21. The molecule has 0 radical (unpaired) electrons. The minimum atomic E-state index is -0.517. The normalized spacial score (nSPS) is 15.7. The number of hydrogen-bond donors (Lipinski definition) is 0. The Morgan fingerprint density at radius 1 is 1.19 bits per heavy atom. The maximum atomic E-state index is 14.2. The maximum Gasteiger partial charge on any atom is 0.240 e. The van der Waals surface area contributed by atoms with E-state index in [9.17, 15) is 9.18 Å². The number of aryl methyl sites for hydroxylation is 2. The highest BCUT2D eigenvalue weighted by Crippen LogP contribution is 2.26. The molecule has 2 heterocycles. The van der Waals surface area contributed by atoms with Crippen molar-refractivity contribution in [1.29, 1.82) is 0 Å². The van der Waals surface area contributed by atoms with E-state index in [0.717, 1.165) is 17.1 Å². The summed E-state index contributed by atoms with van der Waals surface area (Å²) in [6.07, 6.45) is 0.436. The fraction of sp³-hybridized carbons (Fsp3) is 0.450. The van der Waals surface area contributed by atoms with Gasteiger partial charge in [-0.2, -0.15) is 0 Å². The number of piperazine rings is 1. The van der Waals surface area contributed by atoms with Crippen LogP contribution in [-0.2, 0) is 11.2 Å². The Kier molecular flexibility index (Phi) is 5.95. The van der Waals surface area contributed by atoms with Crippen LogP contribution in [0.1, 0.15) is 29.6 Å². The molecule has 1 aliphatic heterocycles. The van der Waals surface area contributed by atoms with Crippen molar-refractivity contribution in [1.82, 2.24) is 14.9 Å². The molecule has 3 rings (SSSR count). The van der Waals surface area contributed by atoms with E-state index in [0.29, 0.717) is 44.0 Å². The minimum Gasteiger partial charge on any atom is -0.353 e. The molecule has 0 aliphatic carbocycles. The molecule has 2 aromatic rings. The number of nitrogens with zero attached hydrogens (tertiary/aromatic N) is 4. The van der Waals surface area contributed by atoms with Gasteiger partial charge in [0.25, 0.3) is 0 Å². The Balaban J connectivity index is 1.86. The second-order valence-corrected chi connectivity index (χ2v) is 7.51. The van der Waals surface area contributed by atoms with Gasteiger partial charge in [0.2, 0.25) is 5.91 Å². The van der Waals surface area contributed by atoms with Gasteiger partial charge >= 0.3 is 0 Å². The summed E-state index contributed by atoms with van der Waals surface area (Å²) in [7, 11) is 0. The first kappa shape index (κ1) is 19.5. The molecule has 0 saturated carbocycles. The quantitative estimate of drug-likeness (QED) is 0.753. The molecule has 0 N–H and O–H groups in total. The third-order valence-corrected chi connectivity index (χ3v) is 5.05. The Bertz CT molecular complexity index is 835. The van der Waals surface area contributed by atoms with Gasteiger partial charge in [-0.25, -0.2) is 14.4 Å². The lowest BCUT2D eigenvalue weighted by atomic mass is 10.0. The first-order valence-electron chi connectivity index (χ1n) is 9.12. The summed E-state index contributed by atoms with van der Waals surface area (Å²) in [4.78, 5) is 25.2. The molecular weight excluding hydrogens is 367 g/mol. The summed E-state index contributed by atoms with van der Waals surface area (Å²) >= 11 is 5.93. The van der Waals surface area contributed by atoms with Gasteiger partial charge in [0, 0.05) is 43.9 Å². The van der Waals surface area contributed by atoms with Crippen LogP contribution in [0.15, 0.2) is 24.3 Å². The largest absolute Gasteiger partial charge is 0.353 e. The highest BCUT2D eigenvalue weighted by molar-refractivity contribution is 6.30. The van der Waals surface area contributed by atoms with Crippen LogP contribution in [-0.4, -0.2) is 52.3 Å². The Labute approximate surface area is 164 Å². The second-order valence-electron chi connectivity index (χ2n) is 6.85. The molecule has 27 heavy (non-hydrogen) atoms. The predicted molar refractivity (Wildman–Crippen MR) is 105 cm³/mol. The van der Waals surface area contributed by atoms with Crippen LogP contribution < -0.4 is 4.90 Å². The van der Waals surface area contributed by atoms with Crippen molar-refractivity contribution in [2.75, 3.05) is 31.1 Å². The van der Waals surface area contributed by atoms with E-state index in [-0.39, 0.29) is 11.7 Å². The number of hydrogen-bond acceptors (Lipinski definition) is 4. The summed E-state index contributed by atoms with van der Waals surface area (Å²) in [5.74, 6) is 1.25. The standard InChI is InChI=1S/C20H24ClFN4O/c1-13(21)20(27)26-10-8-25(9-11-26)19-17(14(2)23-15(3)24-19)12-16-6-4-5-7-18(16)22/h4-7,13H,8-12H2,1-3H3/t13-/m0/s1. The summed E-state index contributed by atoms with van der Waals surface area (Å²) in [5.41, 5.74) is 2.41. The number of benzene rings is 1. The van der Waals surface area contributed by atoms with Gasteiger partial charge in [0.05, 0.1) is 0 Å². The highest BCUT2D eigenvalue weighted by atomic mass is 35.5. The Morgan fingerprint density at radius 3 is 2.48 bits per heavy atom. The number of amides is 1. The zero-order chi connectivity index (χ0) is 19.6. The van der Waals surface area contributed by atoms with E-state index in [4.69, 9.17) is 11.6 Å². The van der Waals surface area contributed by atoms with Crippen LogP contribution in [0.3, 0.4) is 0 Å². The summed E-state index contributed by atoms with van der Waals surface area (Å²) in [6.45, 7) is 8.00. The summed E-state index contributed by atoms with van der Waals surface area (Å²) in [6, 6.07) is 6.78. The van der Waals surface area contributed by atoms with Crippen LogP contribution in [0.2, 0.25) is 0 Å². The zero-order valence-electron chi connectivity index (χ0n) is 15.9. The van der Waals surface area contributed by atoms with Gasteiger partial charge in [-0.1, -0.05) is 18.2 Å². The number of halogens is 2. The van der Waals surface area contributed by atoms with Crippen LogP contribution in [0.5, 0.6) is 0 Å². The fourth-order valence-electron chi connectivity index (χ4n) is 3.41. The molecule has 7 heteroatoms. The smallest absolute Gasteiger partial charge is 0.240 e. The molecular formula is C20H24ClFN4O. The number of carbonyl (C=O) groups excluding carboxylic acids is 1. The van der Waals surface area contributed by atoms with Crippen LogP contribution >= 0.6 is 11.6 Å². The van der Waals surface area contributed by atoms with Crippen molar-refractivity contribution < 1.29 is 9.18 Å². The molecule has 144 valence electrons. The van der Waals surface area contributed by atoms with Gasteiger partial charge in [-0.05, 0) is 32.4 Å². The first-order valence-corrected chi connectivity index (χ1v) is 9.55. The number of aromatic nitrogens is 2. The van der Waals surface area contributed by atoms with Gasteiger partial charge in [0.15, 0.2) is 0 Å². The number of alkyl halides is 1. The van der Waals surface area contributed by atoms with E-state index in [2.05, 4.69) is 14.9 Å². The van der Waals surface area contributed by atoms with E-state index in [1.807, 2.05) is 19.9 Å². The topological polar surface area (TPSA) is 49.3 Å². The molecule has 1 aromatic heterocycles. The van der Waals surface area contributed by atoms with E-state index in [1.165, 1.54) is 6.07 Å². The van der Waals surface area contributed by atoms with Crippen molar-refractivity contribution >= 4 is 23.3 Å². The molecule has 1 amide bonds. The van der Waals surface area contributed by atoms with Crippen molar-refractivity contribution in [2.45, 2.75) is 32.6 Å². The molecule has 1 fully saturated rings. The van der Waals surface area contributed by atoms with E-state index < -0.39 is 5.38 Å². The predicted octanol–water partition coefficient (Wildman–Crippen LogP) is 3.10. The molecule has 5 nitrogen and oxygen atoms in total. The third-order valence-electron chi connectivity index (χ3n) is 4.86. The monoisotopic (exact) mass is 390 g/mol. The van der Waals surface area contributed by atoms with Gasteiger partial charge in [0.1, 0.15) is 22.8 Å². The Morgan fingerprint density at radius 2 is 1.85 bits per heavy atom. The molecule has 1 aromatic carbocycles. The lowest BCUT2D eigenvalue weighted by Crippen LogP contribution is -2.51. The fourth-order valence-corrected chi connectivity index (χ4v) is 3.55. The van der Waals surface area contributed by atoms with Crippen LogP contribution in [0.4, 0.5) is 10.2 Å². The lowest BCUT2D eigenvalue weighted by molar-refractivity contribution is -0.130. The van der Waals surface area contributed by atoms with E-state index >= 15 is 0 Å². The number of anilines is 1. The molecule has 1 aliphatic rings. The average Bonchev–Trinajstić information content (AvgIpc) is 2.64. The maximum absolute atomic E-state index is 14.2. The van der Waals surface area contributed by atoms with Crippen molar-refractivity contribution in [2.24, 2.45) is 0 Å². The van der Waals surface area contributed by atoms with Gasteiger partial charge < -0.3 is 9.80 Å². The van der Waals surface area contributed by atoms with Crippen molar-refractivity contribution in [3.63, 3.8) is 0 Å². The van der Waals surface area contributed by atoms with Gasteiger partial charge in [-0.15, -0.1) is 11.6 Å². The molecule has 1 atom stereocenters. The lowest BCUT2D eigenvalue weighted by Gasteiger charge is -2.37. The zero-order valence-corrected chi connectivity index (χ0v) is 16.6. The SMILES string of the molecule is Cc1nc(C)c(Cc2ccccc2F)c(N2CCN(C(=O)[C@H](C)Cl)CC2)n1. The molecule has 0 unspecified atom stereocenters. The van der Waals surface area contributed by atoms with Crippen molar-refractivity contribution in [3.05, 3.63) is 52.7 Å². The van der Waals surface area contributed by atoms with Crippen LogP contribution in [0, 0.1) is 19.7 Å². The molecule has 1 saturated heterocycles. The molecule has 0 spiro atoms. The molecule has 0 bridgehead atoms.